The molecule has 1 aromatic rings. The highest BCUT2D eigenvalue weighted by atomic mass is 32.2. The normalized spacial score (nSPS) is 25.3. The Morgan fingerprint density at radius 1 is 1.13 bits per heavy atom. The van der Waals surface area contributed by atoms with Crippen molar-refractivity contribution in [1.82, 2.24) is 19.2 Å². The van der Waals surface area contributed by atoms with Crippen molar-refractivity contribution in [3.63, 3.8) is 0 Å². The summed E-state index contributed by atoms with van der Waals surface area (Å²) in [7, 11) is -1.73. The van der Waals surface area contributed by atoms with Crippen LogP contribution in [0.3, 0.4) is 0 Å². The van der Waals surface area contributed by atoms with Crippen molar-refractivity contribution in [2.75, 3.05) is 13.1 Å². The standard InChI is InChI=1S/C16H28N4O2S/c1-19-12-16(17-13-19)23(21,22)18-14-7-6-10-20(11-14)15-8-4-2-3-5-9-15/h12-15,18H,2-11H2,1H3. The average Bonchev–Trinajstić information content (AvgIpc) is 2.80. The predicted octanol–water partition coefficient (Wildman–Crippen LogP) is 1.89. The third-order valence-corrected chi connectivity index (χ3v) is 6.48. The van der Waals surface area contributed by atoms with Gasteiger partial charge in [-0.3, -0.25) is 4.90 Å². The van der Waals surface area contributed by atoms with Gasteiger partial charge in [0.1, 0.15) is 0 Å². The number of hydrogen-bond acceptors (Lipinski definition) is 4. The van der Waals surface area contributed by atoms with Crippen molar-refractivity contribution in [2.45, 2.75) is 68.5 Å². The number of nitrogens with one attached hydrogen (secondary N) is 1. The number of hydrogen-bond donors (Lipinski definition) is 1. The zero-order chi connectivity index (χ0) is 16.3. The molecule has 130 valence electrons. The first kappa shape index (κ1) is 16.9. The third kappa shape index (κ3) is 4.33. The molecule has 3 rings (SSSR count). The molecular weight excluding hydrogens is 312 g/mol. The number of piperidine rings is 1. The van der Waals surface area contributed by atoms with E-state index >= 15 is 0 Å². The predicted molar refractivity (Wildman–Crippen MR) is 89.6 cm³/mol. The van der Waals surface area contributed by atoms with Gasteiger partial charge in [-0.2, -0.15) is 0 Å². The fourth-order valence-electron chi connectivity index (χ4n) is 3.86. The van der Waals surface area contributed by atoms with E-state index in [9.17, 15) is 8.42 Å². The summed E-state index contributed by atoms with van der Waals surface area (Å²) in [4.78, 5) is 6.49. The van der Waals surface area contributed by atoms with Crippen molar-refractivity contribution >= 4 is 10.0 Å². The first-order valence-electron chi connectivity index (χ1n) is 8.79. The van der Waals surface area contributed by atoms with E-state index in [1.807, 2.05) is 0 Å². The molecule has 1 aliphatic heterocycles. The number of aryl methyl sites for hydroxylation is 1. The summed E-state index contributed by atoms with van der Waals surface area (Å²) in [5, 5.41) is 0.117. The van der Waals surface area contributed by atoms with Crippen molar-refractivity contribution in [1.29, 1.82) is 0 Å². The van der Waals surface area contributed by atoms with Crippen LogP contribution in [-0.4, -0.2) is 48.0 Å². The van der Waals surface area contributed by atoms with Crippen LogP contribution in [0.15, 0.2) is 17.6 Å². The lowest BCUT2D eigenvalue weighted by Crippen LogP contribution is -2.50. The number of nitrogens with zero attached hydrogens (tertiary/aromatic N) is 3. The summed E-state index contributed by atoms with van der Waals surface area (Å²) in [6.45, 7) is 1.93. The molecule has 1 unspecified atom stereocenters. The minimum absolute atomic E-state index is 0.000917. The Balaban J connectivity index is 1.62. The largest absolute Gasteiger partial charge is 0.339 e. The van der Waals surface area contributed by atoms with E-state index in [4.69, 9.17) is 0 Å². The fourth-order valence-corrected chi connectivity index (χ4v) is 5.11. The molecule has 0 spiro atoms. The molecule has 2 aliphatic rings. The molecule has 1 aromatic heterocycles. The van der Waals surface area contributed by atoms with Gasteiger partial charge in [-0.25, -0.2) is 18.1 Å². The molecule has 1 atom stereocenters. The molecule has 1 saturated carbocycles. The second kappa shape index (κ2) is 7.32. The highest BCUT2D eigenvalue weighted by molar-refractivity contribution is 7.89. The molecule has 0 amide bonds. The summed E-state index contributed by atoms with van der Waals surface area (Å²) in [5.74, 6) is 0. The Bertz CT molecular complexity index is 605. The van der Waals surface area contributed by atoms with Gasteiger partial charge in [0.05, 0.1) is 6.33 Å². The first-order chi connectivity index (χ1) is 11.0. The summed E-state index contributed by atoms with van der Waals surface area (Å²) < 4.78 is 29.4. The van der Waals surface area contributed by atoms with Gasteiger partial charge in [0.25, 0.3) is 10.0 Å². The molecule has 0 radical (unpaired) electrons. The van der Waals surface area contributed by atoms with Crippen LogP contribution < -0.4 is 4.72 Å². The maximum atomic E-state index is 12.4. The highest BCUT2D eigenvalue weighted by Crippen LogP contribution is 2.25. The quantitative estimate of drug-likeness (QED) is 0.850. The smallest absolute Gasteiger partial charge is 0.259 e. The lowest BCUT2D eigenvalue weighted by molar-refractivity contribution is 0.132. The molecule has 6 nitrogen and oxygen atoms in total. The van der Waals surface area contributed by atoms with Gasteiger partial charge < -0.3 is 4.57 Å². The van der Waals surface area contributed by atoms with Crippen molar-refractivity contribution < 1.29 is 8.42 Å². The van der Waals surface area contributed by atoms with Crippen LogP contribution in [0.2, 0.25) is 0 Å². The van der Waals surface area contributed by atoms with Gasteiger partial charge in [-0.05, 0) is 32.2 Å². The molecular formula is C16H28N4O2S. The van der Waals surface area contributed by atoms with Crippen LogP contribution in [0.1, 0.15) is 51.4 Å². The molecule has 0 aromatic carbocycles. The number of likely N-dealkylation sites (tertiary alicyclic amines) is 1. The molecule has 0 bridgehead atoms. The highest BCUT2D eigenvalue weighted by Gasteiger charge is 2.29. The van der Waals surface area contributed by atoms with E-state index in [2.05, 4.69) is 14.6 Å². The van der Waals surface area contributed by atoms with Crippen molar-refractivity contribution in [3.8, 4) is 0 Å². The number of imidazole rings is 1. The summed E-state index contributed by atoms with van der Waals surface area (Å²) in [6.07, 6.45) is 12.9. The maximum absolute atomic E-state index is 12.4. The topological polar surface area (TPSA) is 67.2 Å². The molecule has 23 heavy (non-hydrogen) atoms. The van der Waals surface area contributed by atoms with Crippen LogP contribution in [0.25, 0.3) is 0 Å². The Hall–Kier alpha value is -0.920. The number of sulfonamides is 1. The van der Waals surface area contributed by atoms with Gasteiger partial charge in [-0.1, -0.05) is 25.7 Å². The zero-order valence-corrected chi connectivity index (χ0v) is 14.8. The Morgan fingerprint density at radius 3 is 2.52 bits per heavy atom. The fraction of sp³-hybridized carbons (Fsp3) is 0.812. The molecule has 2 fully saturated rings. The van der Waals surface area contributed by atoms with Crippen molar-refractivity contribution in [2.24, 2.45) is 7.05 Å². The Kier molecular flexibility index (Phi) is 5.38. The molecule has 7 heteroatoms. The summed E-state index contributed by atoms with van der Waals surface area (Å²) in [5.41, 5.74) is 0. The van der Waals surface area contributed by atoms with Crippen LogP contribution in [0.5, 0.6) is 0 Å². The Morgan fingerprint density at radius 2 is 1.87 bits per heavy atom. The summed E-state index contributed by atoms with van der Waals surface area (Å²) >= 11 is 0. The zero-order valence-electron chi connectivity index (χ0n) is 13.9. The van der Waals surface area contributed by atoms with Crippen LogP contribution in [0, 0.1) is 0 Å². The van der Waals surface area contributed by atoms with Gasteiger partial charge in [0, 0.05) is 31.9 Å². The summed E-state index contributed by atoms with van der Waals surface area (Å²) in [6, 6.07) is 0.638. The molecule has 1 N–H and O–H groups in total. The van der Waals surface area contributed by atoms with Gasteiger partial charge in [0.2, 0.25) is 0 Å². The van der Waals surface area contributed by atoms with E-state index in [0.29, 0.717) is 6.04 Å². The molecule has 1 saturated heterocycles. The average molecular weight is 340 g/mol. The molecule has 2 heterocycles. The minimum Gasteiger partial charge on any atom is -0.339 e. The SMILES string of the molecule is Cn1cnc(S(=O)(=O)NC2CCCN(C3CCCCCC3)C2)c1. The van der Waals surface area contributed by atoms with Crippen molar-refractivity contribution in [3.05, 3.63) is 12.5 Å². The maximum Gasteiger partial charge on any atom is 0.259 e. The van der Waals surface area contributed by atoms with E-state index < -0.39 is 10.0 Å². The monoisotopic (exact) mass is 340 g/mol. The Labute approximate surface area is 139 Å². The lowest BCUT2D eigenvalue weighted by atomic mass is 10.0. The van der Waals surface area contributed by atoms with Crippen LogP contribution in [0.4, 0.5) is 0 Å². The van der Waals surface area contributed by atoms with E-state index in [1.54, 1.807) is 17.8 Å². The van der Waals surface area contributed by atoms with E-state index in [0.717, 1.165) is 25.9 Å². The van der Waals surface area contributed by atoms with E-state index in [1.165, 1.54) is 44.9 Å². The lowest BCUT2D eigenvalue weighted by Gasteiger charge is -2.38. The van der Waals surface area contributed by atoms with Crippen LogP contribution >= 0.6 is 0 Å². The van der Waals surface area contributed by atoms with Gasteiger partial charge in [0.15, 0.2) is 5.03 Å². The van der Waals surface area contributed by atoms with E-state index in [-0.39, 0.29) is 11.1 Å². The number of aromatic nitrogens is 2. The van der Waals surface area contributed by atoms with Gasteiger partial charge in [-0.15, -0.1) is 0 Å². The number of rotatable bonds is 4. The minimum atomic E-state index is -3.51. The second-order valence-electron chi connectivity index (χ2n) is 6.98. The second-order valence-corrected chi connectivity index (χ2v) is 8.64. The molecule has 1 aliphatic carbocycles. The third-order valence-electron chi connectivity index (χ3n) is 5.07. The first-order valence-corrected chi connectivity index (χ1v) is 10.3. The van der Waals surface area contributed by atoms with Crippen LogP contribution in [-0.2, 0) is 17.1 Å². The van der Waals surface area contributed by atoms with Gasteiger partial charge >= 0.3 is 0 Å².